The van der Waals surface area contributed by atoms with Crippen molar-refractivity contribution in [3.63, 3.8) is 0 Å². The van der Waals surface area contributed by atoms with Crippen molar-refractivity contribution in [3.05, 3.63) is 12.3 Å². The quantitative estimate of drug-likeness (QED) is 0.579. The molecule has 2 N–H and O–H groups in total. The molecule has 0 spiro atoms. The summed E-state index contributed by atoms with van der Waals surface area (Å²) in [6, 6.07) is 0. The Balaban J connectivity index is 4.22. The van der Waals surface area contributed by atoms with Crippen LogP contribution in [-0.4, -0.2) is 16.8 Å². The molecular formula is C8H16O2. The lowest BCUT2D eigenvalue weighted by Gasteiger charge is -2.27. The third-order valence-electron chi connectivity index (χ3n) is 1.63. The molecule has 0 aromatic carbocycles. The van der Waals surface area contributed by atoms with Gasteiger partial charge in [-0.2, -0.15) is 0 Å². The number of hydrogen-bond donors (Lipinski definition) is 2. The van der Waals surface area contributed by atoms with Crippen molar-refractivity contribution < 1.29 is 10.2 Å². The average molecular weight is 144 g/mol. The summed E-state index contributed by atoms with van der Waals surface area (Å²) in [5.74, 6) is -0.150. The zero-order valence-corrected chi connectivity index (χ0v) is 6.89. The van der Waals surface area contributed by atoms with Crippen LogP contribution in [-0.2, 0) is 0 Å². The van der Waals surface area contributed by atoms with Gasteiger partial charge in [0.15, 0.2) is 0 Å². The molecule has 0 aliphatic heterocycles. The smallest absolute Gasteiger partial charge is 0.0910 e. The average Bonchev–Trinajstić information content (AvgIpc) is 1.60. The first-order chi connectivity index (χ1) is 4.39. The summed E-state index contributed by atoms with van der Waals surface area (Å²) in [7, 11) is 0. The van der Waals surface area contributed by atoms with Crippen molar-refractivity contribution in [2.24, 2.45) is 11.3 Å². The molecule has 0 aromatic rings. The third kappa shape index (κ3) is 2.40. The summed E-state index contributed by atoms with van der Waals surface area (Å²) >= 11 is 0. The van der Waals surface area contributed by atoms with Gasteiger partial charge in [-0.1, -0.05) is 27.4 Å². The number of aliphatic hydroxyl groups is 2. The summed E-state index contributed by atoms with van der Waals surface area (Å²) in [6.45, 7) is 9.21. The van der Waals surface area contributed by atoms with Gasteiger partial charge in [0.25, 0.3) is 0 Å². The molecule has 0 aliphatic carbocycles. The lowest BCUT2D eigenvalue weighted by atomic mass is 9.80. The van der Waals surface area contributed by atoms with E-state index in [0.717, 1.165) is 0 Å². The zero-order valence-electron chi connectivity index (χ0n) is 6.89. The minimum Gasteiger partial charge on any atom is -0.513 e. The Labute approximate surface area is 62.2 Å². The zero-order chi connectivity index (χ0) is 8.36. The fraction of sp³-hybridized carbons (Fsp3) is 0.750. The molecule has 0 bridgehead atoms. The molecule has 2 heteroatoms. The molecule has 0 aromatic heterocycles. The van der Waals surface area contributed by atoms with E-state index in [9.17, 15) is 0 Å². The standard InChI is InChI=1S/C8H16O2/c1-6(10)7(5-9)8(2,3)4/h7,9-10H,1,5H2,2-4H3. The first-order valence-electron chi connectivity index (χ1n) is 3.38. The highest BCUT2D eigenvalue weighted by Gasteiger charge is 2.25. The van der Waals surface area contributed by atoms with Crippen LogP contribution in [0.3, 0.4) is 0 Å². The maximum atomic E-state index is 8.99. The maximum Gasteiger partial charge on any atom is 0.0910 e. The fourth-order valence-electron chi connectivity index (χ4n) is 0.879. The molecule has 0 rings (SSSR count). The van der Waals surface area contributed by atoms with E-state index in [-0.39, 0.29) is 23.7 Å². The highest BCUT2D eigenvalue weighted by Crippen LogP contribution is 2.29. The topological polar surface area (TPSA) is 40.5 Å². The van der Waals surface area contributed by atoms with Crippen LogP contribution in [0.4, 0.5) is 0 Å². The van der Waals surface area contributed by atoms with E-state index >= 15 is 0 Å². The molecule has 0 saturated heterocycles. The highest BCUT2D eigenvalue weighted by atomic mass is 16.3. The SMILES string of the molecule is C=C(O)C(CO)C(C)(C)C. The van der Waals surface area contributed by atoms with Crippen LogP contribution in [0.25, 0.3) is 0 Å². The minimum absolute atomic E-state index is 0.0428. The van der Waals surface area contributed by atoms with E-state index in [4.69, 9.17) is 10.2 Å². The molecule has 0 fully saturated rings. The highest BCUT2D eigenvalue weighted by molar-refractivity contribution is 4.94. The molecule has 10 heavy (non-hydrogen) atoms. The number of rotatable bonds is 2. The Bertz CT molecular complexity index is 122. The van der Waals surface area contributed by atoms with E-state index in [1.54, 1.807) is 0 Å². The first-order valence-corrected chi connectivity index (χ1v) is 3.38. The van der Waals surface area contributed by atoms with Crippen molar-refractivity contribution in [2.75, 3.05) is 6.61 Å². The van der Waals surface area contributed by atoms with Gasteiger partial charge >= 0.3 is 0 Å². The van der Waals surface area contributed by atoms with Crippen molar-refractivity contribution >= 4 is 0 Å². The van der Waals surface area contributed by atoms with Gasteiger partial charge in [-0.15, -0.1) is 0 Å². The van der Waals surface area contributed by atoms with E-state index < -0.39 is 0 Å². The largest absolute Gasteiger partial charge is 0.513 e. The Morgan fingerprint density at radius 2 is 1.90 bits per heavy atom. The van der Waals surface area contributed by atoms with Gasteiger partial charge < -0.3 is 10.2 Å². The van der Waals surface area contributed by atoms with Crippen molar-refractivity contribution in [2.45, 2.75) is 20.8 Å². The lowest BCUT2D eigenvalue weighted by Crippen LogP contribution is -2.25. The second-order valence-electron chi connectivity index (χ2n) is 3.59. The van der Waals surface area contributed by atoms with Gasteiger partial charge in [0, 0.05) is 5.92 Å². The van der Waals surface area contributed by atoms with Crippen LogP contribution in [0, 0.1) is 11.3 Å². The summed E-state index contributed by atoms with van der Waals surface area (Å²) in [6.07, 6.45) is 0. The van der Waals surface area contributed by atoms with Crippen molar-refractivity contribution in [1.82, 2.24) is 0 Å². The molecular weight excluding hydrogens is 128 g/mol. The van der Waals surface area contributed by atoms with E-state index in [2.05, 4.69) is 6.58 Å². The van der Waals surface area contributed by atoms with E-state index in [0.29, 0.717) is 0 Å². The molecule has 0 saturated carbocycles. The third-order valence-corrected chi connectivity index (χ3v) is 1.63. The van der Waals surface area contributed by atoms with E-state index in [1.165, 1.54) is 0 Å². The van der Waals surface area contributed by atoms with E-state index in [1.807, 2.05) is 20.8 Å². The Hall–Kier alpha value is -0.500. The van der Waals surface area contributed by atoms with Crippen LogP contribution in [0.5, 0.6) is 0 Å². The lowest BCUT2D eigenvalue weighted by molar-refractivity contribution is 0.120. The van der Waals surface area contributed by atoms with Crippen LogP contribution in [0.15, 0.2) is 12.3 Å². The summed E-state index contributed by atoms with van der Waals surface area (Å²) < 4.78 is 0. The molecule has 1 unspecified atom stereocenters. The van der Waals surface area contributed by atoms with Crippen molar-refractivity contribution in [1.29, 1.82) is 0 Å². The van der Waals surface area contributed by atoms with Gasteiger partial charge in [-0.05, 0) is 5.41 Å². The van der Waals surface area contributed by atoms with Crippen LogP contribution >= 0.6 is 0 Å². The molecule has 0 amide bonds. The Kier molecular flexibility index (Phi) is 2.91. The minimum atomic E-state index is -0.215. The number of aliphatic hydroxyl groups excluding tert-OH is 2. The molecule has 1 atom stereocenters. The molecule has 0 heterocycles. The maximum absolute atomic E-state index is 8.99. The van der Waals surface area contributed by atoms with Gasteiger partial charge in [0.1, 0.15) is 0 Å². The van der Waals surface area contributed by atoms with Crippen molar-refractivity contribution in [3.8, 4) is 0 Å². The van der Waals surface area contributed by atoms with Crippen LogP contribution < -0.4 is 0 Å². The van der Waals surface area contributed by atoms with Crippen LogP contribution in [0.2, 0.25) is 0 Å². The predicted molar refractivity (Wildman–Crippen MR) is 41.8 cm³/mol. The van der Waals surface area contributed by atoms with Gasteiger partial charge in [-0.25, -0.2) is 0 Å². The second kappa shape index (κ2) is 3.06. The summed E-state index contributed by atoms with van der Waals surface area (Å²) in [4.78, 5) is 0. The second-order valence-corrected chi connectivity index (χ2v) is 3.59. The fourth-order valence-corrected chi connectivity index (χ4v) is 0.879. The molecule has 0 radical (unpaired) electrons. The molecule has 2 nitrogen and oxygen atoms in total. The molecule has 0 aliphatic rings. The van der Waals surface area contributed by atoms with Gasteiger partial charge in [-0.3, -0.25) is 0 Å². The monoisotopic (exact) mass is 144 g/mol. The summed E-state index contributed by atoms with van der Waals surface area (Å²) in [5.41, 5.74) is -0.111. The Morgan fingerprint density at radius 3 is 1.90 bits per heavy atom. The van der Waals surface area contributed by atoms with Gasteiger partial charge in [0.05, 0.1) is 12.4 Å². The summed E-state index contributed by atoms with van der Waals surface area (Å²) in [5, 5.41) is 17.8. The molecule has 60 valence electrons. The first kappa shape index (κ1) is 9.50. The normalized spacial score (nSPS) is 14.8. The predicted octanol–water partition coefficient (Wildman–Crippen LogP) is 1.71. The number of hydrogen-bond acceptors (Lipinski definition) is 2. The van der Waals surface area contributed by atoms with Gasteiger partial charge in [0.2, 0.25) is 0 Å². The Morgan fingerprint density at radius 1 is 1.50 bits per heavy atom. The van der Waals surface area contributed by atoms with Crippen LogP contribution in [0.1, 0.15) is 20.8 Å².